The van der Waals surface area contributed by atoms with E-state index >= 15 is 0 Å². The summed E-state index contributed by atoms with van der Waals surface area (Å²) in [6.45, 7) is 2.08. The van der Waals surface area contributed by atoms with Crippen molar-refractivity contribution in [3.05, 3.63) is 0 Å². The van der Waals surface area contributed by atoms with Gasteiger partial charge in [-0.05, 0) is 25.2 Å². The average Bonchev–Trinajstić information content (AvgIpc) is 2.88. The van der Waals surface area contributed by atoms with Crippen LogP contribution in [0.2, 0.25) is 0 Å². The van der Waals surface area contributed by atoms with Crippen LogP contribution in [0, 0.1) is 17.3 Å². The average molecular weight is 226 g/mol. The fourth-order valence-corrected chi connectivity index (χ4v) is 3.31. The lowest BCUT2D eigenvalue weighted by Crippen LogP contribution is -2.16. The molecule has 16 heavy (non-hydrogen) atoms. The van der Waals surface area contributed by atoms with Gasteiger partial charge in [0, 0.05) is 0 Å². The third kappa shape index (κ3) is 1.60. The zero-order valence-corrected chi connectivity index (χ0v) is 9.57. The molecule has 2 rings (SSSR count). The lowest BCUT2D eigenvalue weighted by molar-refractivity contribution is -0.148. The number of carbonyl (C=O) groups excluding carboxylic acids is 1. The summed E-state index contributed by atoms with van der Waals surface area (Å²) in [5, 5.41) is 9.15. The highest BCUT2D eigenvalue weighted by atomic mass is 16.5. The molecule has 0 aromatic heterocycles. The largest absolute Gasteiger partial charge is 0.481 e. The number of carboxylic acid groups (broad SMARTS) is 1. The summed E-state index contributed by atoms with van der Waals surface area (Å²) < 4.78 is 4.97. The Labute approximate surface area is 95.0 Å². The van der Waals surface area contributed by atoms with E-state index in [1.54, 1.807) is 6.92 Å². The summed E-state index contributed by atoms with van der Waals surface area (Å²) in [5.74, 6) is -2.02. The van der Waals surface area contributed by atoms with Crippen LogP contribution >= 0.6 is 0 Å². The molecule has 4 nitrogen and oxygen atoms in total. The van der Waals surface area contributed by atoms with Crippen LogP contribution in [-0.4, -0.2) is 23.7 Å². The summed E-state index contributed by atoms with van der Waals surface area (Å²) in [7, 11) is 0. The SMILES string of the molecule is CCOC(=O)[C@H]1[C@H](C(=O)O)C12CCCCC2. The van der Waals surface area contributed by atoms with Crippen LogP contribution in [-0.2, 0) is 14.3 Å². The van der Waals surface area contributed by atoms with Gasteiger partial charge in [-0.25, -0.2) is 0 Å². The van der Waals surface area contributed by atoms with E-state index in [2.05, 4.69) is 0 Å². The van der Waals surface area contributed by atoms with Crippen molar-refractivity contribution in [3.8, 4) is 0 Å². The van der Waals surface area contributed by atoms with Gasteiger partial charge in [0.05, 0.1) is 18.4 Å². The third-order valence-corrected chi connectivity index (χ3v) is 4.05. The zero-order chi connectivity index (χ0) is 11.8. The first kappa shape index (κ1) is 11.4. The minimum atomic E-state index is -0.833. The van der Waals surface area contributed by atoms with Crippen molar-refractivity contribution in [1.29, 1.82) is 0 Å². The molecule has 0 aromatic rings. The van der Waals surface area contributed by atoms with Crippen LogP contribution in [0.1, 0.15) is 39.0 Å². The molecule has 0 aliphatic heterocycles. The maximum absolute atomic E-state index is 11.7. The Morgan fingerprint density at radius 3 is 2.38 bits per heavy atom. The normalized spacial score (nSPS) is 31.1. The molecule has 2 aliphatic carbocycles. The number of ether oxygens (including phenoxy) is 1. The molecule has 1 N–H and O–H groups in total. The van der Waals surface area contributed by atoms with Gasteiger partial charge in [-0.3, -0.25) is 9.59 Å². The number of hydrogen-bond acceptors (Lipinski definition) is 3. The second-order valence-electron chi connectivity index (χ2n) is 4.84. The van der Waals surface area contributed by atoms with Crippen LogP contribution < -0.4 is 0 Å². The summed E-state index contributed by atoms with van der Waals surface area (Å²) in [5.41, 5.74) is -0.268. The van der Waals surface area contributed by atoms with Gasteiger partial charge in [0.2, 0.25) is 0 Å². The number of esters is 1. The predicted molar refractivity (Wildman–Crippen MR) is 56.8 cm³/mol. The molecule has 0 unspecified atom stereocenters. The summed E-state index contributed by atoms with van der Waals surface area (Å²) in [6.07, 6.45) is 4.98. The van der Waals surface area contributed by atoms with Crippen LogP contribution in [0.3, 0.4) is 0 Å². The number of carbonyl (C=O) groups is 2. The molecule has 0 radical (unpaired) electrons. The topological polar surface area (TPSA) is 63.6 Å². The number of rotatable bonds is 3. The maximum Gasteiger partial charge on any atom is 0.310 e. The molecule has 2 saturated carbocycles. The van der Waals surface area contributed by atoms with Gasteiger partial charge in [-0.15, -0.1) is 0 Å². The van der Waals surface area contributed by atoms with E-state index in [1.807, 2.05) is 0 Å². The van der Waals surface area contributed by atoms with E-state index in [4.69, 9.17) is 9.84 Å². The Kier molecular flexibility index (Phi) is 2.91. The van der Waals surface area contributed by atoms with Gasteiger partial charge in [-0.2, -0.15) is 0 Å². The lowest BCUT2D eigenvalue weighted by Gasteiger charge is -2.22. The molecular formula is C12H18O4. The van der Waals surface area contributed by atoms with E-state index < -0.39 is 11.9 Å². The van der Waals surface area contributed by atoms with E-state index in [-0.39, 0.29) is 17.3 Å². The van der Waals surface area contributed by atoms with Crippen molar-refractivity contribution < 1.29 is 19.4 Å². The monoisotopic (exact) mass is 226 g/mol. The van der Waals surface area contributed by atoms with Gasteiger partial charge < -0.3 is 9.84 Å². The van der Waals surface area contributed by atoms with Crippen molar-refractivity contribution in [2.75, 3.05) is 6.61 Å². The van der Waals surface area contributed by atoms with Crippen LogP contribution in [0.4, 0.5) is 0 Å². The summed E-state index contributed by atoms with van der Waals surface area (Å²) in [6, 6.07) is 0. The van der Waals surface area contributed by atoms with E-state index in [1.165, 1.54) is 0 Å². The molecule has 2 atom stereocenters. The zero-order valence-electron chi connectivity index (χ0n) is 9.57. The molecule has 4 heteroatoms. The van der Waals surface area contributed by atoms with Gasteiger partial charge in [0.1, 0.15) is 0 Å². The van der Waals surface area contributed by atoms with Crippen molar-refractivity contribution in [2.45, 2.75) is 39.0 Å². The Morgan fingerprint density at radius 1 is 1.25 bits per heavy atom. The Morgan fingerprint density at radius 2 is 1.88 bits per heavy atom. The Bertz CT molecular complexity index is 304. The minimum Gasteiger partial charge on any atom is -0.481 e. The predicted octanol–water partition coefficient (Wildman–Crippen LogP) is 1.83. The number of carboxylic acids is 1. The van der Waals surface area contributed by atoms with Crippen LogP contribution in [0.25, 0.3) is 0 Å². The lowest BCUT2D eigenvalue weighted by atomic mass is 9.83. The number of aliphatic carboxylic acids is 1. The van der Waals surface area contributed by atoms with Crippen LogP contribution in [0.5, 0.6) is 0 Å². The second kappa shape index (κ2) is 4.07. The van der Waals surface area contributed by atoms with Crippen molar-refractivity contribution in [3.63, 3.8) is 0 Å². The highest BCUT2D eigenvalue weighted by Gasteiger charge is 2.71. The molecule has 2 aliphatic rings. The van der Waals surface area contributed by atoms with E-state index in [0.29, 0.717) is 6.61 Å². The number of hydrogen-bond donors (Lipinski definition) is 1. The highest BCUT2D eigenvalue weighted by molar-refractivity contribution is 5.89. The van der Waals surface area contributed by atoms with Crippen molar-refractivity contribution >= 4 is 11.9 Å². The quantitative estimate of drug-likeness (QED) is 0.746. The molecule has 0 bridgehead atoms. The molecule has 0 heterocycles. The molecule has 90 valence electrons. The first-order chi connectivity index (χ1) is 7.63. The van der Waals surface area contributed by atoms with Gasteiger partial charge in [-0.1, -0.05) is 19.3 Å². The van der Waals surface area contributed by atoms with E-state index in [9.17, 15) is 9.59 Å². The smallest absolute Gasteiger partial charge is 0.310 e. The Balaban J connectivity index is 2.12. The fourth-order valence-electron chi connectivity index (χ4n) is 3.31. The van der Waals surface area contributed by atoms with Crippen molar-refractivity contribution in [2.24, 2.45) is 17.3 Å². The second-order valence-corrected chi connectivity index (χ2v) is 4.84. The highest BCUT2D eigenvalue weighted by Crippen LogP contribution is 2.66. The standard InChI is InChI=1S/C12H18O4/c1-2-16-11(15)9-8(10(13)14)12(9)6-4-3-5-7-12/h8-9H,2-7H2,1H3,(H,13,14)/t8-,9-/m1/s1. The molecule has 1 spiro atoms. The maximum atomic E-state index is 11.7. The van der Waals surface area contributed by atoms with Gasteiger partial charge >= 0.3 is 11.9 Å². The first-order valence-corrected chi connectivity index (χ1v) is 6.03. The van der Waals surface area contributed by atoms with Gasteiger partial charge in [0.25, 0.3) is 0 Å². The van der Waals surface area contributed by atoms with E-state index in [0.717, 1.165) is 32.1 Å². The molecule has 0 amide bonds. The molecule has 2 fully saturated rings. The third-order valence-electron chi connectivity index (χ3n) is 4.05. The first-order valence-electron chi connectivity index (χ1n) is 6.03. The van der Waals surface area contributed by atoms with Crippen LogP contribution in [0.15, 0.2) is 0 Å². The fraction of sp³-hybridized carbons (Fsp3) is 0.833. The van der Waals surface area contributed by atoms with Crippen molar-refractivity contribution in [1.82, 2.24) is 0 Å². The van der Waals surface area contributed by atoms with Gasteiger partial charge in [0.15, 0.2) is 0 Å². The minimum absolute atomic E-state index is 0.268. The Hall–Kier alpha value is -1.06. The summed E-state index contributed by atoms with van der Waals surface area (Å²) in [4.78, 5) is 22.9. The molecular weight excluding hydrogens is 208 g/mol. The molecule has 0 aromatic carbocycles. The summed E-state index contributed by atoms with van der Waals surface area (Å²) >= 11 is 0. The molecule has 0 saturated heterocycles.